The monoisotopic (exact) mass is 298 g/mol. The average Bonchev–Trinajstić information content (AvgIpc) is 2.41. The largest absolute Gasteiger partial charge is 0.316 e. The van der Waals surface area contributed by atoms with Gasteiger partial charge in [0.1, 0.15) is 0 Å². The van der Waals surface area contributed by atoms with E-state index in [0.29, 0.717) is 13.1 Å². The maximum atomic E-state index is 11.4. The topological polar surface area (TPSA) is 65.5 Å². The summed E-state index contributed by atoms with van der Waals surface area (Å²) in [4.78, 5) is 6.68. The highest BCUT2D eigenvalue weighted by molar-refractivity contribution is 7.88. The molecule has 2 heterocycles. The van der Waals surface area contributed by atoms with E-state index in [1.807, 2.05) is 19.3 Å². The Morgan fingerprint density at radius 3 is 2.45 bits per heavy atom. The fourth-order valence-electron chi connectivity index (χ4n) is 2.31. The van der Waals surface area contributed by atoms with E-state index in [9.17, 15) is 8.42 Å². The van der Waals surface area contributed by atoms with Crippen molar-refractivity contribution in [1.29, 1.82) is 0 Å². The Balaban J connectivity index is 1.86. The third-order valence-corrected chi connectivity index (χ3v) is 4.76. The van der Waals surface area contributed by atoms with Gasteiger partial charge in [-0.15, -0.1) is 0 Å². The molecule has 20 heavy (non-hydrogen) atoms. The molecule has 6 nitrogen and oxygen atoms in total. The van der Waals surface area contributed by atoms with E-state index in [4.69, 9.17) is 0 Å². The molecule has 1 aliphatic heterocycles. The summed E-state index contributed by atoms with van der Waals surface area (Å²) < 4.78 is 24.4. The van der Waals surface area contributed by atoms with Crippen LogP contribution in [0.15, 0.2) is 18.3 Å². The van der Waals surface area contributed by atoms with Crippen LogP contribution >= 0.6 is 0 Å². The van der Waals surface area contributed by atoms with E-state index in [2.05, 4.69) is 21.3 Å². The van der Waals surface area contributed by atoms with E-state index in [-0.39, 0.29) is 0 Å². The van der Waals surface area contributed by atoms with Gasteiger partial charge in [0.05, 0.1) is 11.9 Å². The van der Waals surface area contributed by atoms with Gasteiger partial charge in [-0.3, -0.25) is 9.88 Å². The SMILES string of the molecule is CNCc1ccc(CN2CCN(S(C)(=O)=O)CC2)nc1. The smallest absolute Gasteiger partial charge is 0.211 e. The van der Waals surface area contributed by atoms with Crippen molar-refractivity contribution in [2.45, 2.75) is 13.1 Å². The number of piperazine rings is 1. The maximum absolute atomic E-state index is 11.4. The summed E-state index contributed by atoms with van der Waals surface area (Å²) in [5.41, 5.74) is 2.19. The third kappa shape index (κ3) is 4.24. The molecule has 0 amide bonds. The molecule has 0 bridgehead atoms. The van der Waals surface area contributed by atoms with Crippen molar-refractivity contribution in [3.63, 3.8) is 0 Å². The lowest BCUT2D eigenvalue weighted by Crippen LogP contribution is -2.47. The Hall–Kier alpha value is -1.02. The summed E-state index contributed by atoms with van der Waals surface area (Å²) >= 11 is 0. The van der Waals surface area contributed by atoms with Crippen molar-refractivity contribution in [3.8, 4) is 0 Å². The second-order valence-electron chi connectivity index (χ2n) is 5.13. The first kappa shape index (κ1) is 15.4. The van der Waals surface area contributed by atoms with Gasteiger partial charge in [-0.25, -0.2) is 8.42 Å². The average molecular weight is 298 g/mol. The fourth-order valence-corrected chi connectivity index (χ4v) is 3.13. The standard InChI is InChI=1S/C13H22N4O2S/c1-14-9-12-3-4-13(15-10-12)11-16-5-7-17(8-6-16)20(2,18)19/h3-4,10,14H,5-9,11H2,1-2H3. The van der Waals surface area contributed by atoms with Crippen molar-refractivity contribution in [2.24, 2.45) is 0 Å². The summed E-state index contributed by atoms with van der Waals surface area (Å²) in [5, 5.41) is 3.09. The number of pyridine rings is 1. The fraction of sp³-hybridized carbons (Fsp3) is 0.615. The first-order valence-electron chi connectivity index (χ1n) is 6.75. The lowest BCUT2D eigenvalue weighted by molar-refractivity contribution is 0.180. The molecule has 0 atom stereocenters. The molecule has 1 aliphatic rings. The highest BCUT2D eigenvalue weighted by atomic mass is 32.2. The number of rotatable bonds is 5. The zero-order valence-corrected chi connectivity index (χ0v) is 12.9. The molecule has 1 saturated heterocycles. The van der Waals surface area contributed by atoms with E-state index >= 15 is 0 Å². The van der Waals surface area contributed by atoms with E-state index < -0.39 is 10.0 Å². The molecule has 1 aromatic heterocycles. The minimum absolute atomic E-state index is 0.566. The molecule has 7 heteroatoms. The zero-order chi connectivity index (χ0) is 14.6. The second-order valence-corrected chi connectivity index (χ2v) is 7.11. The molecule has 0 spiro atoms. The first-order chi connectivity index (χ1) is 9.49. The molecular weight excluding hydrogens is 276 g/mol. The van der Waals surface area contributed by atoms with Gasteiger partial charge < -0.3 is 5.32 Å². The molecule has 2 rings (SSSR count). The predicted molar refractivity (Wildman–Crippen MR) is 78.7 cm³/mol. The van der Waals surface area contributed by atoms with Gasteiger partial charge >= 0.3 is 0 Å². The molecule has 0 unspecified atom stereocenters. The van der Waals surface area contributed by atoms with Crippen LogP contribution in [0.4, 0.5) is 0 Å². The Kier molecular flexibility index (Phi) is 5.09. The number of nitrogens with one attached hydrogen (secondary N) is 1. The molecule has 0 aromatic carbocycles. The van der Waals surface area contributed by atoms with Crippen LogP contribution in [-0.4, -0.2) is 62.1 Å². The molecule has 1 fully saturated rings. The third-order valence-electron chi connectivity index (χ3n) is 3.45. The molecule has 0 saturated carbocycles. The van der Waals surface area contributed by atoms with Crippen LogP contribution in [0.5, 0.6) is 0 Å². The van der Waals surface area contributed by atoms with Crippen molar-refractivity contribution in [3.05, 3.63) is 29.6 Å². The van der Waals surface area contributed by atoms with E-state index in [0.717, 1.165) is 37.4 Å². The predicted octanol–water partition coefficient (Wildman–Crippen LogP) is -0.122. The van der Waals surface area contributed by atoms with Crippen molar-refractivity contribution < 1.29 is 8.42 Å². The molecular formula is C13H22N4O2S. The number of sulfonamides is 1. The van der Waals surface area contributed by atoms with Crippen LogP contribution in [-0.2, 0) is 23.1 Å². The summed E-state index contributed by atoms with van der Waals surface area (Å²) in [6.07, 6.45) is 3.16. The number of hydrogen-bond acceptors (Lipinski definition) is 5. The molecule has 0 radical (unpaired) electrons. The summed E-state index contributed by atoms with van der Waals surface area (Å²) in [5.74, 6) is 0. The van der Waals surface area contributed by atoms with Gasteiger partial charge in [0.25, 0.3) is 0 Å². The van der Waals surface area contributed by atoms with Crippen molar-refractivity contribution >= 4 is 10.0 Å². The van der Waals surface area contributed by atoms with E-state index in [1.54, 1.807) is 0 Å². The molecule has 0 aliphatic carbocycles. The Morgan fingerprint density at radius 2 is 1.95 bits per heavy atom. The van der Waals surface area contributed by atoms with Crippen LogP contribution < -0.4 is 5.32 Å². The van der Waals surface area contributed by atoms with Crippen molar-refractivity contribution in [1.82, 2.24) is 19.5 Å². The van der Waals surface area contributed by atoms with Gasteiger partial charge in [0.15, 0.2) is 0 Å². The van der Waals surface area contributed by atoms with Gasteiger partial charge in [-0.2, -0.15) is 4.31 Å². The highest BCUT2D eigenvalue weighted by Gasteiger charge is 2.23. The Morgan fingerprint density at radius 1 is 1.25 bits per heavy atom. The van der Waals surface area contributed by atoms with Crippen molar-refractivity contribution in [2.75, 3.05) is 39.5 Å². The molecule has 112 valence electrons. The molecule has 1 N–H and O–H groups in total. The number of nitrogens with zero attached hydrogens (tertiary/aromatic N) is 3. The molecule has 1 aromatic rings. The second kappa shape index (κ2) is 6.62. The normalized spacial score (nSPS) is 18.3. The van der Waals surface area contributed by atoms with Crippen LogP contribution in [0.3, 0.4) is 0 Å². The van der Waals surface area contributed by atoms with Gasteiger partial charge in [0.2, 0.25) is 10.0 Å². The first-order valence-corrected chi connectivity index (χ1v) is 8.60. The minimum Gasteiger partial charge on any atom is -0.316 e. The van der Waals surface area contributed by atoms with Crippen LogP contribution in [0, 0.1) is 0 Å². The Labute approximate surface area is 120 Å². The number of hydrogen-bond donors (Lipinski definition) is 1. The lowest BCUT2D eigenvalue weighted by Gasteiger charge is -2.32. The number of aromatic nitrogens is 1. The Bertz CT molecular complexity index is 522. The van der Waals surface area contributed by atoms with Gasteiger partial charge in [0, 0.05) is 45.5 Å². The minimum atomic E-state index is -3.05. The maximum Gasteiger partial charge on any atom is 0.211 e. The van der Waals surface area contributed by atoms with Crippen LogP contribution in [0.25, 0.3) is 0 Å². The highest BCUT2D eigenvalue weighted by Crippen LogP contribution is 2.09. The quantitative estimate of drug-likeness (QED) is 0.821. The van der Waals surface area contributed by atoms with Crippen LogP contribution in [0.1, 0.15) is 11.3 Å². The van der Waals surface area contributed by atoms with Crippen LogP contribution in [0.2, 0.25) is 0 Å². The summed E-state index contributed by atoms with van der Waals surface area (Å²) in [7, 11) is -1.14. The summed E-state index contributed by atoms with van der Waals surface area (Å²) in [6, 6.07) is 4.11. The lowest BCUT2D eigenvalue weighted by atomic mass is 10.2. The zero-order valence-electron chi connectivity index (χ0n) is 12.0. The van der Waals surface area contributed by atoms with E-state index in [1.165, 1.54) is 10.6 Å². The van der Waals surface area contributed by atoms with Gasteiger partial charge in [-0.1, -0.05) is 6.07 Å². The van der Waals surface area contributed by atoms with Gasteiger partial charge in [-0.05, 0) is 18.7 Å². The summed E-state index contributed by atoms with van der Waals surface area (Å²) in [6.45, 7) is 4.24.